The van der Waals surface area contributed by atoms with Crippen molar-refractivity contribution in [3.63, 3.8) is 0 Å². The van der Waals surface area contributed by atoms with Crippen LogP contribution in [-0.2, 0) is 4.79 Å². The van der Waals surface area contributed by atoms with Crippen LogP contribution in [0.5, 0.6) is 5.75 Å². The minimum atomic E-state index is -0.821. The molecule has 7 heteroatoms. The van der Waals surface area contributed by atoms with Crippen molar-refractivity contribution in [2.75, 3.05) is 0 Å². The number of amides is 1. The molecule has 4 rings (SSSR count). The van der Waals surface area contributed by atoms with Crippen LogP contribution in [0, 0.1) is 0 Å². The summed E-state index contributed by atoms with van der Waals surface area (Å²) in [6.45, 7) is 0. The van der Waals surface area contributed by atoms with Crippen LogP contribution in [0.3, 0.4) is 0 Å². The molecule has 0 bridgehead atoms. The molecule has 2 aromatic carbocycles. The lowest BCUT2D eigenvalue weighted by atomic mass is 9.85. The van der Waals surface area contributed by atoms with E-state index in [-0.39, 0.29) is 23.4 Å². The van der Waals surface area contributed by atoms with Crippen molar-refractivity contribution in [1.82, 2.24) is 9.97 Å². The molecule has 1 unspecified atom stereocenters. The highest BCUT2D eigenvalue weighted by molar-refractivity contribution is 6.69. The van der Waals surface area contributed by atoms with Gasteiger partial charge in [-0.1, -0.05) is 48.5 Å². The number of hydrogen-bond donors (Lipinski definition) is 2. The van der Waals surface area contributed by atoms with E-state index in [1.165, 1.54) is 0 Å². The van der Waals surface area contributed by atoms with Crippen LogP contribution in [-0.4, -0.2) is 26.2 Å². The maximum absolute atomic E-state index is 12.5. The molecule has 0 saturated heterocycles. The van der Waals surface area contributed by atoms with E-state index < -0.39 is 17.1 Å². The van der Waals surface area contributed by atoms with Gasteiger partial charge in [0.05, 0.1) is 11.1 Å². The van der Waals surface area contributed by atoms with E-state index in [0.717, 1.165) is 5.56 Å². The Balaban J connectivity index is 2.04. The summed E-state index contributed by atoms with van der Waals surface area (Å²) >= 11 is 5.94. The van der Waals surface area contributed by atoms with Crippen molar-refractivity contribution in [3.8, 4) is 17.0 Å². The fraction of sp³-hybridized carbons (Fsp3) is 0.0833. The lowest BCUT2D eigenvalue weighted by Crippen LogP contribution is -2.17. The molecule has 0 aliphatic carbocycles. The summed E-state index contributed by atoms with van der Waals surface area (Å²) in [6, 6.07) is 17.9. The number of halogens is 1. The standard InChI is InChI=1S/C24H18ClN3O3/c25-24(31)21-20-16(17(12-19(26)29)15-8-5-11-27-13-15)9-4-10-18(20)28-22(23(21)30)14-6-2-1-3-7-14/h1-11,13,17,30H,12H2,(H2,26,29). The first-order chi connectivity index (χ1) is 15.0. The van der Waals surface area contributed by atoms with Gasteiger partial charge in [-0.3, -0.25) is 14.6 Å². The predicted molar refractivity (Wildman–Crippen MR) is 119 cm³/mol. The first-order valence-corrected chi connectivity index (χ1v) is 9.94. The molecule has 0 saturated carbocycles. The monoisotopic (exact) mass is 431 g/mol. The number of pyridine rings is 2. The van der Waals surface area contributed by atoms with Crippen LogP contribution in [0.25, 0.3) is 22.2 Å². The fourth-order valence-corrected chi connectivity index (χ4v) is 3.99. The molecule has 2 heterocycles. The molecule has 0 aliphatic heterocycles. The highest BCUT2D eigenvalue weighted by Crippen LogP contribution is 2.41. The maximum Gasteiger partial charge on any atom is 0.256 e. The van der Waals surface area contributed by atoms with E-state index in [0.29, 0.717) is 22.0 Å². The molecule has 6 nitrogen and oxygen atoms in total. The largest absolute Gasteiger partial charge is 0.505 e. The van der Waals surface area contributed by atoms with Crippen molar-refractivity contribution in [2.24, 2.45) is 5.73 Å². The maximum atomic E-state index is 12.5. The third-order valence-corrected chi connectivity index (χ3v) is 5.32. The summed E-state index contributed by atoms with van der Waals surface area (Å²) in [6.07, 6.45) is 3.25. The zero-order valence-electron chi connectivity index (χ0n) is 16.3. The number of carbonyl (C=O) groups excluding carboxylic acids is 2. The SMILES string of the molecule is NC(=O)CC(c1cccnc1)c1cccc2nc(-c3ccccc3)c(O)c(C(=O)Cl)c12. The molecule has 0 aliphatic rings. The van der Waals surface area contributed by atoms with Gasteiger partial charge in [-0.05, 0) is 34.9 Å². The molecule has 154 valence electrons. The summed E-state index contributed by atoms with van der Waals surface area (Å²) < 4.78 is 0. The third-order valence-electron chi connectivity index (χ3n) is 5.13. The molecule has 0 spiro atoms. The molecule has 2 aromatic heterocycles. The molecule has 3 N–H and O–H groups in total. The van der Waals surface area contributed by atoms with Gasteiger partial charge in [0.1, 0.15) is 5.69 Å². The number of carbonyl (C=O) groups is 2. The van der Waals surface area contributed by atoms with E-state index in [4.69, 9.17) is 17.3 Å². The lowest BCUT2D eigenvalue weighted by molar-refractivity contribution is -0.118. The topological polar surface area (TPSA) is 106 Å². The number of fused-ring (bicyclic) bond motifs is 1. The van der Waals surface area contributed by atoms with E-state index in [9.17, 15) is 14.7 Å². The van der Waals surface area contributed by atoms with Gasteiger partial charge in [-0.25, -0.2) is 4.98 Å². The highest BCUT2D eigenvalue weighted by Gasteiger charge is 2.26. The smallest absolute Gasteiger partial charge is 0.256 e. The summed E-state index contributed by atoms with van der Waals surface area (Å²) in [5.41, 5.74) is 8.18. The first kappa shape index (κ1) is 20.5. The van der Waals surface area contributed by atoms with Crippen molar-refractivity contribution in [1.29, 1.82) is 0 Å². The Morgan fingerprint density at radius 2 is 1.81 bits per heavy atom. The Morgan fingerprint density at radius 3 is 2.45 bits per heavy atom. The van der Waals surface area contributed by atoms with E-state index in [2.05, 4.69) is 9.97 Å². The number of rotatable bonds is 6. The van der Waals surface area contributed by atoms with Gasteiger partial charge in [-0.2, -0.15) is 0 Å². The van der Waals surface area contributed by atoms with E-state index in [1.54, 1.807) is 48.8 Å². The van der Waals surface area contributed by atoms with Crippen LogP contribution in [0.4, 0.5) is 0 Å². The Hall–Kier alpha value is -3.77. The van der Waals surface area contributed by atoms with Crippen LogP contribution in [0.2, 0.25) is 0 Å². The molecule has 4 aromatic rings. The zero-order chi connectivity index (χ0) is 22.0. The number of aromatic hydroxyl groups is 1. The average Bonchev–Trinajstić information content (AvgIpc) is 2.77. The number of aromatic nitrogens is 2. The minimum Gasteiger partial charge on any atom is -0.505 e. The fourth-order valence-electron chi connectivity index (χ4n) is 3.80. The summed E-state index contributed by atoms with van der Waals surface area (Å²) in [7, 11) is 0. The number of benzene rings is 2. The molecule has 1 amide bonds. The van der Waals surface area contributed by atoms with Crippen LogP contribution < -0.4 is 5.73 Å². The molecular formula is C24H18ClN3O3. The minimum absolute atomic E-state index is 0.0120. The summed E-state index contributed by atoms with van der Waals surface area (Å²) in [5.74, 6) is -1.31. The van der Waals surface area contributed by atoms with Crippen molar-refractivity contribution < 1.29 is 14.7 Å². The predicted octanol–water partition coefficient (Wildman–Crippen LogP) is 4.39. The van der Waals surface area contributed by atoms with Crippen LogP contribution >= 0.6 is 11.6 Å². The Labute approximate surface area is 183 Å². The molecular weight excluding hydrogens is 414 g/mol. The van der Waals surface area contributed by atoms with E-state index in [1.807, 2.05) is 24.3 Å². The van der Waals surface area contributed by atoms with Gasteiger partial charge in [0.2, 0.25) is 5.91 Å². The Bertz CT molecular complexity index is 1280. The second kappa shape index (κ2) is 8.53. The van der Waals surface area contributed by atoms with Gasteiger partial charge >= 0.3 is 0 Å². The quantitative estimate of drug-likeness (QED) is 0.440. The highest BCUT2D eigenvalue weighted by atomic mass is 35.5. The molecule has 0 radical (unpaired) electrons. The number of nitrogens with zero attached hydrogens (tertiary/aromatic N) is 2. The number of primary amides is 1. The van der Waals surface area contributed by atoms with Gasteiger partial charge in [-0.15, -0.1) is 0 Å². The Kier molecular flexibility index (Phi) is 5.64. The van der Waals surface area contributed by atoms with Crippen LogP contribution in [0.15, 0.2) is 73.1 Å². The normalized spacial score (nSPS) is 11.9. The Morgan fingerprint density at radius 1 is 1.03 bits per heavy atom. The number of hydrogen-bond acceptors (Lipinski definition) is 5. The molecule has 31 heavy (non-hydrogen) atoms. The lowest BCUT2D eigenvalue weighted by Gasteiger charge is -2.20. The second-order valence-corrected chi connectivity index (χ2v) is 7.42. The summed E-state index contributed by atoms with van der Waals surface area (Å²) in [5, 5.41) is 10.6. The first-order valence-electron chi connectivity index (χ1n) is 9.56. The van der Waals surface area contributed by atoms with Gasteiger partial charge in [0, 0.05) is 35.7 Å². The van der Waals surface area contributed by atoms with E-state index >= 15 is 0 Å². The van der Waals surface area contributed by atoms with Gasteiger partial charge in [0.25, 0.3) is 5.24 Å². The zero-order valence-corrected chi connectivity index (χ0v) is 17.1. The molecule has 0 fully saturated rings. The second-order valence-electron chi connectivity index (χ2n) is 7.07. The molecule has 1 atom stereocenters. The summed E-state index contributed by atoms with van der Waals surface area (Å²) in [4.78, 5) is 33.1. The van der Waals surface area contributed by atoms with Gasteiger partial charge in [0.15, 0.2) is 5.75 Å². The van der Waals surface area contributed by atoms with Crippen LogP contribution in [0.1, 0.15) is 33.8 Å². The van der Waals surface area contributed by atoms with Crippen molar-refractivity contribution >= 4 is 33.7 Å². The average molecular weight is 432 g/mol. The number of nitrogens with two attached hydrogens (primary N) is 1. The van der Waals surface area contributed by atoms with Crippen molar-refractivity contribution in [2.45, 2.75) is 12.3 Å². The van der Waals surface area contributed by atoms with Gasteiger partial charge < -0.3 is 10.8 Å². The van der Waals surface area contributed by atoms with Crippen molar-refractivity contribution in [3.05, 3.63) is 89.7 Å². The third kappa shape index (κ3) is 3.98.